The molecular weight excluding hydrogens is 255 g/mol. The number of aromatic nitrogens is 3. The molecule has 3 rings (SSSR count). The van der Waals surface area contributed by atoms with Crippen LogP contribution in [0, 0.1) is 15.9 Å². The molecule has 0 saturated heterocycles. The molecule has 0 aliphatic carbocycles. The number of hydrogen-bond acceptors (Lipinski definition) is 4. The van der Waals surface area contributed by atoms with E-state index in [0.717, 1.165) is 12.1 Å². The molecule has 0 fully saturated rings. The summed E-state index contributed by atoms with van der Waals surface area (Å²) in [5.74, 6) is -0.952. The highest BCUT2D eigenvalue weighted by atomic mass is 19.1. The van der Waals surface area contributed by atoms with Gasteiger partial charge in [-0.25, -0.2) is 4.98 Å². The van der Waals surface area contributed by atoms with Gasteiger partial charge in [0.1, 0.15) is 0 Å². The molecule has 3 aromatic rings. The molecule has 1 aromatic carbocycles. The van der Waals surface area contributed by atoms with Gasteiger partial charge in [0.2, 0.25) is 5.82 Å². The lowest BCUT2D eigenvalue weighted by atomic mass is 10.1. The Morgan fingerprint density at radius 1 is 1.47 bits per heavy atom. The zero-order valence-corrected chi connectivity index (χ0v) is 9.68. The van der Waals surface area contributed by atoms with E-state index in [0.29, 0.717) is 10.9 Å². The van der Waals surface area contributed by atoms with Gasteiger partial charge in [0.25, 0.3) is 5.56 Å². The highest BCUT2D eigenvalue weighted by Gasteiger charge is 2.18. The van der Waals surface area contributed by atoms with Crippen molar-refractivity contribution in [2.75, 3.05) is 0 Å². The van der Waals surface area contributed by atoms with Gasteiger partial charge in [-0.15, -0.1) is 0 Å². The van der Waals surface area contributed by atoms with Gasteiger partial charge in [-0.1, -0.05) is 0 Å². The summed E-state index contributed by atoms with van der Waals surface area (Å²) < 4.78 is 15.2. The molecule has 0 atom stereocenters. The Morgan fingerprint density at radius 2 is 2.21 bits per heavy atom. The molecule has 0 saturated carbocycles. The first-order chi connectivity index (χ1) is 8.99. The Morgan fingerprint density at radius 3 is 2.89 bits per heavy atom. The molecule has 96 valence electrons. The van der Waals surface area contributed by atoms with Crippen LogP contribution in [0.5, 0.6) is 0 Å². The molecule has 1 N–H and O–H groups in total. The van der Waals surface area contributed by atoms with Crippen LogP contribution in [0.2, 0.25) is 0 Å². The van der Waals surface area contributed by atoms with Crippen molar-refractivity contribution in [3.05, 3.63) is 44.7 Å². The van der Waals surface area contributed by atoms with Crippen LogP contribution in [0.25, 0.3) is 21.9 Å². The highest BCUT2D eigenvalue weighted by Crippen LogP contribution is 2.26. The van der Waals surface area contributed by atoms with Crippen molar-refractivity contribution in [2.45, 2.75) is 0 Å². The third-order valence-corrected chi connectivity index (χ3v) is 2.94. The van der Waals surface area contributed by atoms with Gasteiger partial charge in [-0.2, -0.15) is 4.39 Å². The topological polar surface area (TPSA) is 93.8 Å². The average molecular weight is 262 g/mol. The summed E-state index contributed by atoms with van der Waals surface area (Å²) in [5.41, 5.74) is -0.335. The van der Waals surface area contributed by atoms with E-state index in [-0.39, 0.29) is 11.0 Å². The molecule has 7 nitrogen and oxygen atoms in total. The number of nitrogens with zero attached hydrogens (tertiary/aromatic N) is 3. The fraction of sp³-hybridized carbons (Fsp3) is 0.0909. The van der Waals surface area contributed by atoms with E-state index >= 15 is 0 Å². The van der Waals surface area contributed by atoms with Crippen molar-refractivity contribution >= 4 is 27.6 Å². The molecule has 0 bridgehead atoms. The molecule has 0 unspecified atom stereocenters. The van der Waals surface area contributed by atoms with Crippen molar-refractivity contribution in [1.82, 2.24) is 14.5 Å². The second-order valence-electron chi connectivity index (χ2n) is 4.11. The fourth-order valence-electron chi connectivity index (χ4n) is 2.10. The number of nitro benzene ring substituents is 1. The number of aryl methyl sites for hydroxylation is 1. The van der Waals surface area contributed by atoms with Crippen molar-refractivity contribution < 1.29 is 9.31 Å². The number of nitro groups is 1. The van der Waals surface area contributed by atoms with Gasteiger partial charge in [0.15, 0.2) is 5.52 Å². The summed E-state index contributed by atoms with van der Waals surface area (Å²) >= 11 is 0. The van der Waals surface area contributed by atoms with Crippen molar-refractivity contribution in [3.8, 4) is 0 Å². The monoisotopic (exact) mass is 262 g/mol. The average Bonchev–Trinajstić information content (AvgIpc) is 2.73. The second-order valence-corrected chi connectivity index (χ2v) is 4.11. The number of fused-ring (bicyclic) bond motifs is 3. The predicted octanol–water partition coefficient (Wildman–Crippen LogP) is 1.46. The third-order valence-electron chi connectivity index (χ3n) is 2.94. The second kappa shape index (κ2) is 3.61. The van der Waals surface area contributed by atoms with Crippen LogP contribution < -0.4 is 5.56 Å². The fourth-order valence-corrected chi connectivity index (χ4v) is 2.10. The first kappa shape index (κ1) is 11.3. The van der Waals surface area contributed by atoms with E-state index < -0.39 is 22.0 Å². The number of imidazole rings is 1. The molecule has 0 aliphatic rings. The lowest BCUT2D eigenvalue weighted by molar-refractivity contribution is -0.387. The maximum atomic E-state index is 13.7. The molecule has 19 heavy (non-hydrogen) atoms. The Hall–Kier alpha value is -2.77. The quantitative estimate of drug-likeness (QED) is 0.530. The summed E-state index contributed by atoms with van der Waals surface area (Å²) in [6.45, 7) is 0. The largest absolute Gasteiger partial charge is 0.333 e. The lowest BCUT2D eigenvalue weighted by Gasteiger charge is -2.02. The molecule has 0 amide bonds. The SMILES string of the molecule is Cn1cnc2c(=O)[nH]c3cc([N+](=O)[O-])c(F)cc3c21. The van der Waals surface area contributed by atoms with Gasteiger partial charge in [0, 0.05) is 18.5 Å². The summed E-state index contributed by atoms with van der Waals surface area (Å²) in [6, 6.07) is 2.05. The molecule has 0 aliphatic heterocycles. The minimum atomic E-state index is -0.952. The molecule has 2 aromatic heterocycles. The minimum Gasteiger partial charge on any atom is -0.333 e. The Bertz CT molecular complexity index is 896. The number of H-pyrrole nitrogens is 1. The maximum absolute atomic E-state index is 13.7. The van der Waals surface area contributed by atoms with Crippen LogP contribution in [0.1, 0.15) is 0 Å². The summed E-state index contributed by atoms with van der Waals surface area (Å²) in [6.07, 6.45) is 1.43. The zero-order chi connectivity index (χ0) is 13.7. The van der Waals surface area contributed by atoms with E-state index in [1.54, 1.807) is 11.6 Å². The number of halogens is 1. The Kier molecular flexibility index (Phi) is 2.15. The van der Waals surface area contributed by atoms with Crippen LogP contribution in [0.15, 0.2) is 23.3 Å². The molecule has 2 heterocycles. The normalized spacial score (nSPS) is 11.3. The number of benzene rings is 1. The first-order valence-electron chi connectivity index (χ1n) is 5.30. The number of aromatic amines is 1. The van der Waals surface area contributed by atoms with Crippen LogP contribution in [0.3, 0.4) is 0 Å². The number of rotatable bonds is 1. The maximum Gasteiger partial charge on any atom is 0.306 e. The summed E-state index contributed by atoms with van der Waals surface area (Å²) in [5, 5.41) is 11.1. The van der Waals surface area contributed by atoms with Crippen molar-refractivity contribution in [3.63, 3.8) is 0 Å². The zero-order valence-electron chi connectivity index (χ0n) is 9.68. The smallest absolute Gasteiger partial charge is 0.306 e. The van der Waals surface area contributed by atoms with E-state index in [2.05, 4.69) is 9.97 Å². The standard InChI is InChI=1S/C11H7FN4O3/c1-15-4-13-9-10(15)5-2-6(12)8(16(18)19)3-7(5)14-11(9)17/h2-4H,1H3,(H,14,17). The van der Waals surface area contributed by atoms with Gasteiger partial charge >= 0.3 is 5.69 Å². The molecular formula is C11H7FN4O3. The van der Waals surface area contributed by atoms with Crippen LogP contribution in [-0.2, 0) is 7.05 Å². The Labute approximate surface area is 104 Å². The van der Waals surface area contributed by atoms with E-state index in [9.17, 15) is 19.3 Å². The van der Waals surface area contributed by atoms with E-state index in [4.69, 9.17) is 0 Å². The third kappa shape index (κ3) is 1.49. The molecule has 0 radical (unpaired) electrons. The molecule has 8 heteroatoms. The minimum absolute atomic E-state index is 0.170. The number of pyridine rings is 1. The van der Waals surface area contributed by atoms with Gasteiger partial charge in [-0.05, 0) is 6.07 Å². The highest BCUT2D eigenvalue weighted by molar-refractivity contribution is 6.02. The predicted molar refractivity (Wildman–Crippen MR) is 65.5 cm³/mol. The summed E-state index contributed by atoms with van der Waals surface area (Å²) in [7, 11) is 1.66. The number of nitrogens with one attached hydrogen (secondary N) is 1. The van der Waals surface area contributed by atoms with Crippen LogP contribution >= 0.6 is 0 Å². The van der Waals surface area contributed by atoms with Gasteiger partial charge in [-0.3, -0.25) is 14.9 Å². The molecule has 0 spiro atoms. The Balaban J connectivity index is 2.57. The van der Waals surface area contributed by atoms with Crippen LogP contribution in [-0.4, -0.2) is 19.5 Å². The van der Waals surface area contributed by atoms with Gasteiger partial charge in [0.05, 0.1) is 22.3 Å². The van der Waals surface area contributed by atoms with Crippen LogP contribution in [0.4, 0.5) is 10.1 Å². The van der Waals surface area contributed by atoms with E-state index in [1.165, 1.54) is 6.33 Å². The number of hydrogen-bond donors (Lipinski definition) is 1. The first-order valence-corrected chi connectivity index (χ1v) is 5.30. The van der Waals surface area contributed by atoms with E-state index in [1.807, 2.05) is 0 Å². The summed E-state index contributed by atoms with van der Waals surface area (Å²) in [4.78, 5) is 28.0. The van der Waals surface area contributed by atoms with Crippen molar-refractivity contribution in [2.24, 2.45) is 7.05 Å². The van der Waals surface area contributed by atoms with Gasteiger partial charge < -0.3 is 9.55 Å². The lowest BCUT2D eigenvalue weighted by Crippen LogP contribution is -2.07. The van der Waals surface area contributed by atoms with Crippen molar-refractivity contribution in [1.29, 1.82) is 0 Å².